The highest BCUT2D eigenvalue weighted by molar-refractivity contribution is 5.18. The van der Waals surface area contributed by atoms with Crippen LogP contribution < -0.4 is 0 Å². The van der Waals surface area contributed by atoms with E-state index < -0.39 is 0 Å². The Hall–Kier alpha value is -0.970. The van der Waals surface area contributed by atoms with Crippen LogP contribution >= 0.6 is 0 Å². The van der Waals surface area contributed by atoms with Gasteiger partial charge in [-0.2, -0.15) is 0 Å². The van der Waals surface area contributed by atoms with Crippen LogP contribution in [0.2, 0.25) is 0 Å². The molecule has 0 bridgehead atoms. The number of hydrogen-bond donors (Lipinski definition) is 0. The molecule has 2 heterocycles. The van der Waals surface area contributed by atoms with Crippen LogP contribution in [0.4, 0.5) is 4.39 Å². The fourth-order valence-electron chi connectivity index (χ4n) is 3.49. The van der Waals surface area contributed by atoms with Crippen molar-refractivity contribution in [3.8, 4) is 0 Å². The average molecular weight is 279 g/mol. The maximum atomic E-state index is 13.6. The Kier molecular flexibility index (Phi) is 4.06. The zero-order valence-corrected chi connectivity index (χ0v) is 12.0. The topological polar surface area (TPSA) is 21.7 Å². The largest absolute Gasteiger partial charge is 0.385 e. The monoisotopic (exact) mass is 279 g/mol. The molecule has 1 aromatic carbocycles. The highest BCUT2D eigenvalue weighted by Crippen LogP contribution is 2.42. The third-order valence-corrected chi connectivity index (χ3v) is 4.60. The zero-order valence-electron chi connectivity index (χ0n) is 12.0. The van der Waals surface area contributed by atoms with Gasteiger partial charge in [0, 0.05) is 45.5 Å². The van der Waals surface area contributed by atoms with Gasteiger partial charge in [-0.25, -0.2) is 4.39 Å². The summed E-state index contributed by atoms with van der Waals surface area (Å²) in [4.78, 5) is 2.27. The second-order valence-corrected chi connectivity index (χ2v) is 5.92. The number of nitrogens with zero attached hydrogens (tertiary/aromatic N) is 1. The quantitative estimate of drug-likeness (QED) is 0.826. The lowest BCUT2D eigenvalue weighted by molar-refractivity contribution is -0.138. The minimum Gasteiger partial charge on any atom is -0.385 e. The molecule has 1 aromatic rings. The van der Waals surface area contributed by atoms with Crippen molar-refractivity contribution in [3.05, 3.63) is 35.6 Å². The molecule has 0 saturated carbocycles. The molecule has 2 aliphatic rings. The highest BCUT2D eigenvalue weighted by atomic mass is 19.1. The molecule has 0 radical (unpaired) electrons. The molecule has 3 nitrogen and oxygen atoms in total. The Labute approximate surface area is 119 Å². The van der Waals surface area contributed by atoms with Gasteiger partial charge in [0.25, 0.3) is 0 Å². The van der Waals surface area contributed by atoms with Gasteiger partial charge < -0.3 is 9.47 Å². The zero-order chi connectivity index (χ0) is 14.0. The smallest absolute Gasteiger partial charge is 0.127 e. The number of ether oxygens (including phenoxy) is 2. The number of benzene rings is 1. The number of likely N-dealkylation sites (tertiary alicyclic amines) is 1. The first-order chi connectivity index (χ1) is 9.73. The normalized spacial score (nSPS) is 25.0. The molecule has 0 aliphatic carbocycles. The van der Waals surface area contributed by atoms with Crippen LogP contribution in [0.25, 0.3) is 0 Å². The van der Waals surface area contributed by atoms with Crippen LogP contribution in [0.5, 0.6) is 0 Å². The minimum absolute atomic E-state index is 0.00376. The Balaban J connectivity index is 1.56. The molecule has 2 aliphatic heterocycles. The lowest BCUT2D eigenvalue weighted by atomic mass is 9.79. The first kappa shape index (κ1) is 14.0. The Morgan fingerprint density at radius 2 is 2.20 bits per heavy atom. The van der Waals surface area contributed by atoms with E-state index in [0.717, 1.165) is 44.7 Å². The minimum atomic E-state index is -0.114. The summed E-state index contributed by atoms with van der Waals surface area (Å²) < 4.78 is 24.8. The first-order valence-corrected chi connectivity index (χ1v) is 7.32. The van der Waals surface area contributed by atoms with Gasteiger partial charge in [0.2, 0.25) is 0 Å². The number of rotatable bonds is 5. The van der Waals surface area contributed by atoms with E-state index in [-0.39, 0.29) is 11.4 Å². The van der Waals surface area contributed by atoms with Gasteiger partial charge in [-0.15, -0.1) is 0 Å². The number of halogens is 1. The molecule has 20 heavy (non-hydrogen) atoms. The Morgan fingerprint density at radius 1 is 1.40 bits per heavy atom. The molecule has 0 amide bonds. The summed E-state index contributed by atoms with van der Waals surface area (Å²) in [5.74, 6) is 0.469. The van der Waals surface area contributed by atoms with E-state index in [1.807, 2.05) is 12.1 Å². The third kappa shape index (κ3) is 2.60. The van der Waals surface area contributed by atoms with E-state index in [1.54, 1.807) is 13.2 Å². The van der Waals surface area contributed by atoms with E-state index in [1.165, 1.54) is 6.07 Å². The van der Waals surface area contributed by atoms with Gasteiger partial charge in [-0.1, -0.05) is 18.2 Å². The molecule has 3 rings (SSSR count). The van der Waals surface area contributed by atoms with Crippen LogP contribution in [0.3, 0.4) is 0 Å². The fraction of sp³-hybridized carbons (Fsp3) is 0.625. The molecule has 110 valence electrons. The van der Waals surface area contributed by atoms with Gasteiger partial charge in [0.1, 0.15) is 5.82 Å². The SMILES string of the molecule is COCCC1CCOC12CN(Cc1ccccc1F)C2. The predicted octanol–water partition coefficient (Wildman–Crippen LogP) is 2.45. The molecule has 0 aromatic heterocycles. The summed E-state index contributed by atoms with van der Waals surface area (Å²) in [5.41, 5.74) is 0.776. The fourth-order valence-corrected chi connectivity index (χ4v) is 3.49. The summed E-state index contributed by atoms with van der Waals surface area (Å²) in [7, 11) is 1.74. The lowest BCUT2D eigenvalue weighted by Crippen LogP contribution is -2.64. The lowest BCUT2D eigenvalue weighted by Gasteiger charge is -2.50. The average Bonchev–Trinajstić information content (AvgIpc) is 2.82. The van der Waals surface area contributed by atoms with Gasteiger partial charge in [-0.05, 0) is 24.8 Å². The summed E-state index contributed by atoms with van der Waals surface area (Å²) in [6.07, 6.45) is 2.18. The molecule has 1 atom stereocenters. The van der Waals surface area contributed by atoms with E-state index in [4.69, 9.17) is 9.47 Å². The van der Waals surface area contributed by atoms with Gasteiger partial charge in [0.05, 0.1) is 5.60 Å². The van der Waals surface area contributed by atoms with Crippen LogP contribution in [-0.2, 0) is 16.0 Å². The van der Waals surface area contributed by atoms with E-state index in [0.29, 0.717) is 12.5 Å². The summed E-state index contributed by atoms with van der Waals surface area (Å²) >= 11 is 0. The standard InChI is InChI=1S/C16H22FNO2/c1-19-8-6-14-7-9-20-16(14)11-18(12-16)10-13-4-2-3-5-15(13)17/h2-5,14H,6-12H2,1H3. The molecule has 4 heteroatoms. The summed E-state index contributed by atoms with van der Waals surface area (Å²) in [6.45, 7) is 4.14. The third-order valence-electron chi connectivity index (χ3n) is 4.60. The van der Waals surface area contributed by atoms with Crippen LogP contribution in [0, 0.1) is 11.7 Å². The van der Waals surface area contributed by atoms with Crippen molar-refractivity contribution in [2.24, 2.45) is 5.92 Å². The van der Waals surface area contributed by atoms with Crippen molar-refractivity contribution < 1.29 is 13.9 Å². The molecular formula is C16H22FNO2. The summed E-state index contributed by atoms with van der Waals surface area (Å²) in [5, 5.41) is 0. The molecule has 1 unspecified atom stereocenters. The predicted molar refractivity (Wildman–Crippen MR) is 75.0 cm³/mol. The molecular weight excluding hydrogens is 257 g/mol. The van der Waals surface area contributed by atoms with Gasteiger partial charge >= 0.3 is 0 Å². The molecule has 0 N–H and O–H groups in total. The van der Waals surface area contributed by atoms with Crippen molar-refractivity contribution in [2.75, 3.05) is 33.4 Å². The molecule has 2 fully saturated rings. The second-order valence-electron chi connectivity index (χ2n) is 5.92. The highest BCUT2D eigenvalue weighted by Gasteiger charge is 2.52. The Morgan fingerprint density at radius 3 is 2.95 bits per heavy atom. The van der Waals surface area contributed by atoms with Crippen molar-refractivity contribution in [1.29, 1.82) is 0 Å². The van der Waals surface area contributed by atoms with E-state index >= 15 is 0 Å². The van der Waals surface area contributed by atoms with E-state index in [2.05, 4.69) is 4.90 Å². The Bertz CT molecular complexity index is 460. The molecule has 1 spiro atoms. The van der Waals surface area contributed by atoms with Crippen molar-refractivity contribution in [3.63, 3.8) is 0 Å². The number of hydrogen-bond acceptors (Lipinski definition) is 3. The van der Waals surface area contributed by atoms with Crippen LogP contribution in [-0.4, -0.2) is 43.9 Å². The maximum Gasteiger partial charge on any atom is 0.127 e. The van der Waals surface area contributed by atoms with Crippen LogP contribution in [0.1, 0.15) is 18.4 Å². The second kappa shape index (κ2) is 5.80. The first-order valence-electron chi connectivity index (χ1n) is 7.32. The molecule has 2 saturated heterocycles. The number of methoxy groups -OCH3 is 1. The van der Waals surface area contributed by atoms with E-state index in [9.17, 15) is 4.39 Å². The van der Waals surface area contributed by atoms with Crippen LogP contribution in [0.15, 0.2) is 24.3 Å². The van der Waals surface area contributed by atoms with Gasteiger partial charge in [-0.3, -0.25) is 4.90 Å². The van der Waals surface area contributed by atoms with Gasteiger partial charge in [0.15, 0.2) is 0 Å². The van der Waals surface area contributed by atoms with Crippen molar-refractivity contribution >= 4 is 0 Å². The van der Waals surface area contributed by atoms with Crippen molar-refractivity contribution in [2.45, 2.75) is 25.0 Å². The van der Waals surface area contributed by atoms with Crippen molar-refractivity contribution in [1.82, 2.24) is 4.90 Å². The summed E-state index contributed by atoms with van der Waals surface area (Å²) in [6, 6.07) is 7.01. The maximum absolute atomic E-state index is 13.6.